The zero-order chi connectivity index (χ0) is 10.1. The Morgan fingerprint density at radius 2 is 2.29 bits per heavy atom. The molecule has 1 atom stereocenters. The Hall–Kier alpha value is -0.870. The predicted octanol–water partition coefficient (Wildman–Crippen LogP) is 0.305. The smallest absolute Gasteiger partial charge is 0.0838 e. The predicted molar refractivity (Wildman–Crippen MR) is 56.2 cm³/mol. The van der Waals surface area contributed by atoms with E-state index in [-0.39, 0.29) is 0 Å². The quantitative estimate of drug-likeness (QED) is 0.698. The molecule has 0 amide bonds. The van der Waals surface area contributed by atoms with Gasteiger partial charge in [-0.15, -0.1) is 0 Å². The van der Waals surface area contributed by atoms with E-state index in [4.69, 9.17) is 0 Å². The molecule has 0 bridgehead atoms. The van der Waals surface area contributed by atoms with Crippen molar-refractivity contribution in [2.24, 2.45) is 7.05 Å². The van der Waals surface area contributed by atoms with E-state index < -0.39 is 0 Å². The van der Waals surface area contributed by atoms with Crippen LogP contribution in [0.3, 0.4) is 0 Å². The first-order valence-electron chi connectivity index (χ1n) is 5.09. The summed E-state index contributed by atoms with van der Waals surface area (Å²) in [5.41, 5.74) is 2.50. The molecule has 1 unspecified atom stereocenters. The van der Waals surface area contributed by atoms with Crippen molar-refractivity contribution in [1.82, 2.24) is 20.0 Å². The van der Waals surface area contributed by atoms with E-state index in [0.29, 0.717) is 6.04 Å². The third-order valence-electron chi connectivity index (χ3n) is 2.88. The van der Waals surface area contributed by atoms with Crippen LogP contribution in [-0.4, -0.2) is 41.4 Å². The van der Waals surface area contributed by atoms with Gasteiger partial charge in [-0.1, -0.05) is 0 Å². The van der Waals surface area contributed by atoms with Crippen LogP contribution < -0.4 is 5.32 Å². The normalized spacial score (nSPS) is 24.1. The van der Waals surface area contributed by atoms with Crippen LogP contribution in [0.4, 0.5) is 0 Å². The summed E-state index contributed by atoms with van der Waals surface area (Å²) in [6, 6.07) is 0.435. The van der Waals surface area contributed by atoms with Crippen molar-refractivity contribution in [3.8, 4) is 0 Å². The summed E-state index contributed by atoms with van der Waals surface area (Å²) < 4.78 is 1.90. The standard InChI is InChI=1S/C10H18N4/c1-8-7-14(3)12-10(8)9-6-11-4-5-13(9)2/h7,9,11H,4-6H2,1-3H3. The molecule has 1 fully saturated rings. The fraction of sp³-hybridized carbons (Fsp3) is 0.700. The first-order chi connectivity index (χ1) is 6.68. The topological polar surface area (TPSA) is 33.1 Å². The van der Waals surface area contributed by atoms with E-state index in [9.17, 15) is 0 Å². The van der Waals surface area contributed by atoms with Gasteiger partial charge in [0, 0.05) is 32.9 Å². The number of piperazine rings is 1. The number of aryl methyl sites for hydroxylation is 2. The maximum Gasteiger partial charge on any atom is 0.0838 e. The summed E-state index contributed by atoms with van der Waals surface area (Å²) in [6.45, 7) is 5.32. The second-order valence-electron chi connectivity index (χ2n) is 4.07. The molecule has 1 aliphatic rings. The number of aromatic nitrogens is 2. The van der Waals surface area contributed by atoms with Gasteiger partial charge < -0.3 is 5.32 Å². The minimum atomic E-state index is 0.435. The van der Waals surface area contributed by atoms with E-state index in [1.165, 1.54) is 11.3 Å². The van der Waals surface area contributed by atoms with Crippen molar-refractivity contribution in [1.29, 1.82) is 0 Å². The van der Waals surface area contributed by atoms with Gasteiger partial charge in [-0.25, -0.2) is 0 Å². The minimum Gasteiger partial charge on any atom is -0.313 e. The Balaban J connectivity index is 2.24. The monoisotopic (exact) mass is 194 g/mol. The second-order valence-corrected chi connectivity index (χ2v) is 4.07. The number of nitrogens with one attached hydrogen (secondary N) is 1. The lowest BCUT2D eigenvalue weighted by molar-refractivity contribution is 0.197. The molecular formula is C10H18N4. The molecule has 0 saturated carbocycles. The molecular weight excluding hydrogens is 176 g/mol. The maximum absolute atomic E-state index is 4.52. The van der Waals surface area contributed by atoms with Crippen molar-refractivity contribution in [3.63, 3.8) is 0 Å². The van der Waals surface area contributed by atoms with Gasteiger partial charge in [-0.2, -0.15) is 5.10 Å². The Kier molecular flexibility index (Phi) is 2.56. The second kappa shape index (κ2) is 3.71. The molecule has 4 heteroatoms. The van der Waals surface area contributed by atoms with E-state index in [1.54, 1.807) is 0 Å². The molecule has 2 rings (SSSR count). The summed E-state index contributed by atoms with van der Waals surface area (Å²) >= 11 is 0. The minimum absolute atomic E-state index is 0.435. The molecule has 4 nitrogen and oxygen atoms in total. The fourth-order valence-electron chi connectivity index (χ4n) is 2.06. The third-order valence-corrected chi connectivity index (χ3v) is 2.88. The third kappa shape index (κ3) is 1.67. The Labute approximate surface area is 84.9 Å². The Morgan fingerprint density at radius 3 is 2.86 bits per heavy atom. The highest BCUT2D eigenvalue weighted by atomic mass is 15.3. The molecule has 1 N–H and O–H groups in total. The molecule has 2 heterocycles. The zero-order valence-corrected chi connectivity index (χ0v) is 9.12. The molecule has 14 heavy (non-hydrogen) atoms. The highest BCUT2D eigenvalue weighted by Crippen LogP contribution is 2.21. The number of likely N-dealkylation sites (N-methyl/N-ethyl adjacent to an activating group) is 1. The van der Waals surface area contributed by atoms with Crippen molar-refractivity contribution in [2.75, 3.05) is 26.7 Å². The maximum atomic E-state index is 4.52. The molecule has 0 aromatic carbocycles. The lowest BCUT2D eigenvalue weighted by Gasteiger charge is -2.32. The van der Waals surface area contributed by atoms with Crippen LogP contribution in [0, 0.1) is 6.92 Å². The molecule has 1 saturated heterocycles. The SMILES string of the molecule is Cc1cn(C)nc1C1CNCCN1C. The lowest BCUT2D eigenvalue weighted by Crippen LogP contribution is -2.44. The van der Waals surface area contributed by atoms with Gasteiger partial charge in [-0.05, 0) is 19.5 Å². The molecule has 0 spiro atoms. The molecule has 1 aliphatic heterocycles. The van der Waals surface area contributed by atoms with Gasteiger partial charge in [0.1, 0.15) is 0 Å². The van der Waals surface area contributed by atoms with Crippen LogP contribution in [0.1, 0.15) is 17.3 Å². The molecule has 1 aromatic rings. The summed E-state index contributed by atoms with van der Waals surface area (Å²) in [5.74, 6) is 0. The molecule has 0 aliphatic carbocycles. The van der Waals surface area contributed by atoms with Crippen LogP contribution in [0.5, 0.6) is 0 Å². The van der Waals surface area contributed by atoms with Gasteiger partial charge in [0.05, 0.1) is 11.7 Å². The van der Waals surface area contributed by atoms with Crippen molar-refractivity contribution in [3.05, 3.63) is 17.5 Å². The van der Waals surface area contributed by atoms with E-state index in [0.717, 1.165) is 19.6 Å². The van der Waals surface area contributed by atoms with Gasteiger partial charge in [0.25, 0.3) is 0 Å². The summed E-state index contributed by atoms with van der Waals surface area (Å²) in [5, 5.41) is 7.93. The average molecular weight is 194 g/mol. The Bertz CT molecular complexity index is 318. The molecule has 1 aromatic heterocycles. The average Bonchev–Trinajstić information content (AvgIpc) is 2.46. The van der Waals surface area contributed by atoms with Crippen molar-refractivity contribution in [2.45, 2.75) is 13.0 Å². The number of hydrogen-bond acceptors (Lipinski definition) is 3. The van der Waals surface area contributed by atoms with Gasteiger partial charge in [0.15, 0.2) is 0 Å². The van der Waals surface area contributed by atoms with Crippen LogP contribution in [0.25, 0.3) is 0 Å². The van der Waals surface area contributed by atoms with Crippen molar-refractivity contribution >= 4 is 0 Å². The van der Waals surface area contributed by atoms with Crippen molar-refractivity contribution < 1.29 is 0 Å². The van der Waals surface area contributed by atoms with Crippen LogP contribution >= 0.6 is 0 Å². The highest BCUT2D eigenvalue weighted by molar-refractivity contribution is 5.19. The summed E-state index contributed by atoms with van der Waals surface area (Å²) in [6.07, 6.45) is 2.08. The van der Waals surface area contributed by atoms with Gasteiger partial charge in [0.2, 0.25) is 0 Å². The largest absolute Gasteiger partial charge is 0.313 e. The summed E-state index contributed by atoms with van der Waals surface area (Å²) in [4.78, 5) is 2.37. The van der Waals surface area contributed by atoms with E-state index in [2.05, 4.69) is 35.5 Å². The first kappa shape index (κ1) is 9.68. The van der Waals surface area contributed by atoms with Crippen LogP contribution in [0.15, 0.2) is 6.20 Å². The van der Waals surface area contributed by atoms with Crippen LogP contribution in [-0.2, 0) is 7.05 Å². The fourth-order valence-corrected chi connectivity index (χ4v) is 2.06. The number of hydrogen-bond donors (Lipinski definition) is 1. The van der Waals surface area contributed by atoms with Gasteiger partial charge >= 0.3 is 0 Å². The molecule has 0 radical (unpaired) electrons. The van der Waals surface area contributed by atoms with Gasteiger partial charge in [-0.3, -0.25) is 9.58 Å². The zero-order valence-electron chi connectivity index (χ0n) is 9.12. The Morgan fingerprint density at radius 1 is 1.50 bits per heavy atom. The molecule has 78 valence electrons. The van der Waals surface area contributed by atoms with E-state index in [1.807, 2.05) is 11.7 Å². The van der Waals surface area contributed by atoms with E-state index >= 15 is 0 Å². The first-order valence-corrected chi connectivity index (χ1v) is 5.09. The van der Waals surface area contributed by atoms with Crippen LogP contribution in [0.2, 0.25) is 0 Å². The number of nitrogens with zero attached hydrogens (tertiary/aromatic N) is 3. The highest BCUT2D eigenvalue weighted by Gasteiger charge is 2.23. The summed E-state index contributed by atoms with van der Waals surface area (Å²) in [7, 11) is 4.15. The number of rotatable bonds is 1. The lowest BCUT2D eigenvalue weighted by atomic mass is 10.1.